The van der Waals surface area contributed by atoms with Gasteiger partial charge in [0, 0.05) is 5.92 Å². The third-order valence-electron chi connectivity index (χ3n) is 3.32. The zero-order chi connectivity index (χ0) is 13.9. The molecule has 0 bridgehead atoms. The van der Waals surface area contributed by atoms with Gasteiger partial charge in [-0.1, -0.05) is 19.3 Å². The Morgan fingerprint density at radius 2 is 1.89 bits per heavy atom. The molecule has 0 aliphatic heterocycles. The molecule has 19 heavy (non-hydrogen) atoms. The lowest BCUT2D eigenvalue weighted by molar-refractivity contribution is -0.141. The molecule has 1 saturated carbocycles. The smallest absolute Gasteiger partial charge is 0.387 e. The molecule has 1 aliphatic rings. The van der Waals surface area contributed by atoms with Gasteiger partial charge in [-0.25, -0.2) is 9.98 Å². The van der Waals surface area contributed by atoms with Crippen molar-refractivity contribution in [3.63, 3.8) is 0 Å². The van der Waals surface area contributed by atoms with Crippen LogP contribution in [0, 0.1) is 5.92 Å². The number of halogens is 3. The molecule has 1 aromatic heterocycles. The summed E-state index contributed by atoms with van der Waals surface area (Å²) in [5.74, 6) is 0.748. The lowest BCUT2D eigenvalue weighted by Gasteiger charge is -2.20. The number of rotatable bonds is 2. The van der Waals surface area contributed by atoms with E-state index in [9.17, 15) is 13.2 Å². The average Bonchev–Trinajstić information content (AvgIpc) is 2.39. The van der Waals surface area contributed by atoms with Crippen molar-refractivity contribution in [3.8, 4) is 0 Å². The molecule has 0 unspecified atom stereocenters. The molecule has 0 amide bonds. The van der Waals surface area contributed by atoms with Crippen molar-refractivity contribution in [2.45, 2.75) is 38.3 Å². The zero-order valence-electron chi connectivity index (χ0n) is 10.5. The number of nitrogens with two attached hydrogens (primary N) is 1. The molecule has 2 N–H and O–H groups in total. The second kappa shape index (κ2) is 5.59. The SMILES string of the molecule is NC(=Nc1ccc(C(F)(F)F)nc1)C1CCCCC1. The van der Waals surface area contributed by atoms with Gasteiger partial charge in [-0.15, -0.1) is 0 Å². The van der Waals surface area contributed by atoms with Gasteiger partial charge in [0.2, 0.25) is 0 Å². The monoisotopic (exact) mass is 271 g/mol. The third-order valence-corrected chi connectivity index (χ3v) is 3.32. The Morgan fingerprint density at radius 1 is 1.21 bits per heavy atom. The van der Waals surface area contributed by atoms with Gasteiger partial charge >= 0.3 is 6.18 Å². The van der Waals surface area contributed by atoms with Crippen LogP contribution >= 0.6 is 0 Å². The van der Waals surface area contributed by atoms with Crippen LogP contribution in [0.4, 0.5) is 18.9 Å². The minimum atomic E-state index is -4.42. The number of pyridine rings is 1. The van der Waals surface area contributed by atoms with Gasteiger partial charge in [0.25, 0.3) is 0 Å². The van der Waals surface area contributed by atoms with Gasteiger partial charge in [-0.05, 0) is 25.0 Å². The van der Waals surface area contributed by atoms with Gasteiger partial charge < -0.3 is 5.73 Å². The predicted molar refractivity (Wildman–Crippen MR) is 67.1 cm³/mol. The van der Waals surface area contributed by atoms with E-state index >= 15 is 0 Å². The number of alkyl halides is 3. The van der Waals surface area contributed by atoms with Crippen LogP contribution < -0.4 is 5.73 Å². The summed E-state index contributed by atoms with van der Waals surface area (Å²) in [6.45, 7) is 0. The molecule has 0 aromatic carbocycles. The van der Waals surface area contributed by atoms with Crippen LogP contribution in [0.2, 0.25) is 0 Å². The van der Waals surface area contributed by atoms with E-state index in [0.29, 0.717) is 11.5 Å². The fourth-order valence-corrected chi connectivity index (χ4v) is 2.26. The van der Waals surface area contributed by atoms with E-state index in [4.69, 9.17) is 5.73 Å². The maximum Gasteiger partial charge on any atom is 0.433 e. The fourth-order valence-electron chi connectivity index (χ4n) is 2.26. The van der Waals surface area contributed by atoms with Crippen LogP contribution in [0.5, 0.6) is 0 Å². The van der Waals surface area contributed by atoms with Crippen molar-refractivity contribution < 1.29 is 13.2 Å². The van der Waals surface area contributed by atoms with Crippen molar-refractivity contribution in [2.75, 3.05) is 0 Å². The van der Waals surface area contributed by atoms with E-state index in [2.05, 4.69) is 9.98 Å². The van der Waals surface area contributed by atoms with E-state index in [1.807, 2.05) is 0 Å². The third kappa shape index (κ3) is 3.68. The zero-order valence-corrected chi connectivity index (χ0v) is 10.5. The second-order valence-corrected chi connectivity index (χ2v) is 4.77. The van der Waals surface area contributed by atoms with Gasteiger partial charge in [0.15, 0.2) is 0 Å². The van der Waals surface area contributed by atoms with E-state index in [1.165, 1.54) is 12.5 Å². The summed E-state index contributed by atoms with van der Waals surface area (Å²) in [6.07, 6.45) is 2.17. The molecule has 1 fully saturated rings. The van der Waals surface area contributed by atoms with E-state index in [-0.39, 0.29) is 5.92 Å². The summed E-state index contributed by atoms with van der Waals surface area (Å²) in [5.41, 5.74) is 5.36. The largest absolute Gasteiger partial charge is 0.433 e. The lowest BCUT2D eigenvalue weighted by atomic mass is 9.88. The summed E-state index contributed by atoms with van der Waals surface area (Å²) in [6, 6.07) is 2.22. The molecule has 1 aliphatic carbocycles. The maximum absolute atomic E-state index is 12.3. The Kier molecular flexibility index (Phi) is 4.07. The number of hydrogen-bond acceptors (Lipinski definition) is 2. The van der Waals surface area contributed by atoms with E-state index in [0.717, 1.165) is 37.9 Å². The standard InChI is InChI=1S/C13H16F3N3/c14-13(15,16)11-7-6-10(8-18-11)19-12(17)9-4-2-1-3-5-9/h6-9H,1-5H2,(H2,17,19). The van der Waals surface area contributed by atoms with Gasteiger partial charge in [0.1, 0.15) is 11.5 Å². The number of aliphatic imine (C=N–C) groups is 1. The first-order chi connectivity index (χ1) is 8.97. The Hall–Kier alpha value is -1.59. The molecule has 3 nitrogen and oxygen atoms in total. The normalized spacial score (nSPS) is 18.6. The molecule has 1 heterocycles. The molecule has 0 spiro atoms. The highest BCUT2D eigenvalue weighted by molar-refractivity contribution is 5.85. The molecular formula is C13H16F3N3. The van der Waals surface area contributed by atoms with Crippen molar-refractivity contribution >= 4 is 11.5 Å². The average molecular weight is 271 g/mol. The van der Waals surface area contributed by atoms with Crippen molar-refractivity contribution in [1.82, 2.24) is 4.98 Å². The van der Waals surface area contributed by atoms with Crippen LogP contribution in [-0.2, 0) is 6.18 Å². The number of nitrogens with zero attached hydrogens (tertiary/aromatic N) is 2. The summed E-state index contributed by atoms with van der Waals surface area (Å²) >= 11 is 0. The highest BCUT2D eigenvalue weighted by atomic mass is 19.4. The summed E-state index contributed by atoms with van der Waals surface area (Å²) in [5, 5.41) is 0. The van der Waals surface area contributed by atoms with Gasteiger partial charge in [-0.2, -0.15) is 13.2 Å². The summed E-state index contributed by atoms with van der Waals surface area (Å²) in [7, 11) is 0. The molecule has 6 heteroatoms. The molecule has 1 aromatic rings. The van der Waals surface area contributed by atoms with Gasteiger partial charge in [-0.3, -0.25) is 0 Å². The number of aromatic nitrogens is 1. The van der Waals surface area contributed by atoms with Crippen LogP contribution in [0.15, 0.2) is 23.3 Å². The molecule has 0 saturated heterocycles. The van der Waals surface area contributed by atoms with Crippen LogP contribution in [0.25, 0.3) is 0 Å². The Labute approximate surface area is 109 Å². The van der Waals surface area contributed by atoms with Gasteiger partial charge in [0.05, 0.1) is 11.9 Å². The van der Waals surface area contributed by atoms with Crippen molar-refractivity contribution in [3.05, 3.63) is 24.0 Å². The second-order valence-electron chi connectivity index (χ2n) is 4.77. The molecule has 104 valence electrons. The summed E-state index contributed by atoms with van der Waals surface area (Å²) < 4.78 is 37.0. The molecule has 0 radical (unpaired) electrons. The highest BCUT2D eigenvalue weighted by Crippen LogP contribution is 2.29. The molecule has 0 atom stereocenters. The Balaban J connectivity index is 2.09. The first-order valence-corrected chi connectivity index (χ1v) is 6.34. The lowest BCUT2D eigenvalue weighted by Crippen LogP contribution is -2.25. The summed E-state index contributed by atoms with van der Waals surface area (Å²) in [4.78, 5) is 7.53. The van der Waals surface area contributed by atoms with Crippen LogP contribution in [-0.4, -0.2) is 10.8 Å². The van der Waals surface area contributed by atoms with Crippen LogP contribution in [0.1, 0.15) is 37.8 Å². The Bertz CT molecular complexity index is 445. The van der Waals surface area contributed by atoms with Crippen molar-refractivity contribution in [2.24, 2.45) is 16.6 Å². The maximum atomic E-state index is 12.3. The quantitative estimate of drug-likeness (QED) is 0.659. The predicted octanol–water partition coefficient (Wildman–Crippen LogP) is 3.67. The Morgan fingerprint density at radius 3 is 2.42 bits per heavy atom. The van der Waals surface area contributed by atoms with Crippen molar-refractivity contribution in [1.29, 1.82) is 0 Å². The molecule has 2 rings (SSSR count). The number of hydrogen-bond donors (Lipinski definition) is 1. The first-order valence-electron chi connectivity index (χ1n) is 6.34. The van der Waals surface area contributed by atoms with E-state index < -0.39 is 11.9 Å². The van der Waals surface area contributed by atoms with Crippen LogP contribution in [0.3, 0.4) is 0 Å². The van der Waals surface area contributed by atoms with E-state index in [1.54, 1.807) is 0 Å². The number of amidine groups is 1. The highest BCUT2D eigenvalue weighted by Gasteiger charge is 2.32. The minimum absolute atomic E-state index is 0.246. The fraction of sp³-hybridized carbons (Fsp3) is 0.538. The molecular weight excluding hydrogens is 255 g/mol. The topological polar surface area (TPSA) is 51.3 Å². The minimum Gasteiger partial charge on any atom is -0.387 e. The first kappa shape index (κ1) is 13.8.